The van der Waals surface area contributed by atoms with E-state index in [9.17, 15) is 10.2 Å². The van der Waals surface area contributed by atoms with Crippen LogP contribution in [0.3, 0.4) is 0 Å². The smallest absolute Gasteiger partial charge is 0.121 e. The molecule has 4 atom stereocenters. The van der Waals surface area contributed by atoms with Crippen LogP contribution >= 0.6 is 0 Å². The highest BCUT2D eigenvalue weighted by Crippen LogP contribution is 2.66. The highest BCUT2D eigenvalue weighted by Gasteiger charge is 2.74. The highest BCUT2D eigenvalue weighted by molar-refractivity contribution is 5.39. The number of hydrogen-bond acceptors (Lipinski definition) is 3. The van der Waals surface area contributed by atoms with Crippen LogP contribution in [-0.2, 0) is 4.74 Å². The Morgan fingerprint density at radius 1 is 0.674 bits per heavy atom. The van der Waals surface area contributed by atoms with Crippen molar-refractivity contribution < 1.29 is 14.9 Å². The molecule has 2 aliphatic carbocycles. The fourth-order valence-corrected chi connectivity index (χ4v) is 7.06. The van der Waals surface area contributed by atoms with Gasteiger partial charge in [0.1, 0.15) is 11.2 Å². The van der Waals surface area contributed by atoms with Crippen LogP contribution in [0.25, 0.3) is 0 Å². The number of hydrogen-bond donors (Lipinski definition) is 2. The summed E-state index contributed by atoms with van der Waals surface area (Å²) in [5, 5.41) is 20.4. The van der Waals surface area contributed by atoms with Crippen molar-refractivity contribution in [3.05, 3.63) is 119 Å². The predicted octanol–water partition coefficient (Wildman–Crippen LogP) is 9.76. The average molecular weight is 585 g/mol. The summed E-state index contributed by atoms with van der Waals surface area (Å²) >= 11 is 0. The molecule has 3 rings (SSSR count). The molecule has 3 aliphatic rings. The Kier molecular flexibility index (Phi) is 11.3. The normalized spacial score (nSPS) is 32.3. The molecule has 0 aromatic rings. The second-order valence-corrected chi connectivity index (χ2v) is 14.6. The Labute approximate surface area is 262 Å². The largest absolute Gasteiger partial charge is 0.393 e. The molecular weight excluding hydrogens is 528 g/mol. The molecule has 43 heavy (non-hydrogen) atoms. The fraction of sp³-hybridized carbons (Fsp3) is 0.500. The van der Waals surface area contributed by atoms with Crippen molar-refractivity contribution in [2.75, 3.05) is 0 Å². The molecule has 0 spiro atoms. The molecule has 1 aliphatic heterocycles. The maximum absolute atomic E-state index is 10.2. The van der Waals surface area contributed by atoms with Gasteiger partial charge in [-0.25, -0.2) is 0 Å². The van der Waals surface area contributed by atoms with E-state index in [1.807, 2.05) is 0 Å². The molecule has 2 N–H and O–H groups in total. The van der Waals surface area contributed by atoms with E-state index in [1.165, 1.54) is 33.4 Å². The van der Waals surface area contributed by atoms with E-state index in [0.29, 0.717) is 6.42 Å². The molecule has 234 valence electrons. The van der Waals surface area contributed by atoms with Gasteiger partial charge in [-0.05, 0) is 77.9 Å². The predicted molar refractivity (Wildman–Crippen MR) is 184 cm³/mol. The molecule has 0 aromatic heterocycles. The van der Waals surface area contributed by atoms with Crippen molar-refractivity contribution in [2.45, 2.75) is 118 Å². The molecule has 2 fully saturated rings. The molecule has 1 heterocycles. The van der Waals surface area contributed by atoms with Gasteiger partial charge in [0.2, 0.25) is 0 Å². The first-order valence-corrected chi connectivity index (χ1v) is 15.9. The van der Waals surface area contributed by atoms with Crippen LogP contribution in [0.5, 0.6) is 0 Å². The van der Waals surface area contributed by atoms with E-state index >= 15 is 0 Å². The molecule has 0 radical (unpaired) electrons. The molecule has 4 unspecified atom stereocenters. The van der Waals surface area contributed by atoms with E-state index in [2.05, 4.69) is 154 Å². The van der Waals surface area contributed by atoms with E-state index < -0.39 is 0 Å². The van der Waals surface area contributed by atoms with Crippen LogP contribution in [0.4, 0.5) is 0 Å². The lowest BCUT2D eigenvalue weighted by atomic mass is 9.63. The van der Waals surface area contributed by atoms with E-state index in [1.54, 1.807) is 0 Å². The van der Waals surface area contributed by atoms with Gasteiger partial charge in [-0.3, -0.25) is 0 Å². The summed E-state index contributed by atoms with van der Waals surface area (Å²) in [7, 11) is 0. The molecule has 3 nitrogen and oxygen atoms in total. The van der Waals surface area contributed by atoms with E-state index in [-0.39, 0.29) is 34.2 Å². The maximum Gasteiger partial charge on any atom is 0.121 e. The highest BCUT2D eigenvalue weighted by atomic mass is 16.6. The van der Waals surface area contributed by atoms with Gasteiger partial charge in [-0.1, -0.05) is 135 Å². The lowest BCUT2D eigenvalue weighted by molar-refractivity contribution is 0.0515. The van der Waals surface area contributed by atoms with Crippen LogP contribution in [0, 0.1) is 10.8 Å². The van der Waals surface area contributed by atoms with Gasteiger partial charge in [0.05, 0.1) is 12.2 Å². The third kappa shape index (κ3) is 8.91. The number of aliphatic hydroxyl groups is 2. The summed E-state index contributed by atoms with van der Waals surface area (Å²) in [5.74, 6) is 0. The summed E-state index contributed by atoms with van der Waals surface area (Å²) in [6, 6.07) is 0. The first-order valence-electron chi connectivity index (χ1n) is 15.9. The Bertz CT molecular complexity index is 1330. The quantitative estimate of drug-likeness (QED) is 0.198. The van der Waals surface area contributed by atoms with E-state index in [4.69, 9.17) is 4.74 Å². The summed E-state index contributed by atoms with van der Waals surface area (Å²) in [6.07, 6.45) is 32.3. The first-order chi connectivity index (χ1) is 20.0. The maximum atomic E-state index is 10.2. The van der Waals surface area contributed by atoms with Crippen LogP contribution in [0.15, 0.2) is 119 Å². The minimum absolute atomic E-state index is 0.00262. The summed E-state index contributed by atoms with van der Waals surface area (Å²) in [6.45, 7) is 21.5. The Hall–Kier alpha value is -2.72. The Morgan fingerprint density at radius 3 is 1.72 bits per heavy atom. The second kappa shape index (κ2) is 13.9. The minimum Gasteiger partial charge on any atom is -0.393 e. The molecule has 0 bridgehead atoms. The van der Waals surface area contributed by atoms with Gasteiger partial charge in [-0.15, -0.1) is 0 Å². The fourth-order valence-electron chi connectivity index (χ4n) is 7.06. The molecule has 1 saturated heterocycles. The lowest BCUT2D eigenvalue weighted by Gasteiger charge is -2.39. The van der Waals surface area contributed by atoms with Gasteiger partial charge in [0.15, 0.2) is 0 Å². The summed E-state index contributed by atoms with van der Waals surface area (Å²) in [4.78, 5) is 0. The van der Waals surface area contributed by atoms with Gasteiger partial charge >= 0.3 is 0 Å². The topological polar surface area (TPSA) is 53.0 Å². The number of rotatable bonds is 10. The first kappa shape index (κ1) is 34.8. The number of epoxide rings is 1. The number of ether oxygens (including phenoxy) is 1. The Balaban J connectivity index is 1.50. The zero-order chi connectivity index (χ0) is 32.1. The molecular formula is C40H56O3. The van der Waals surface area contributed by atoms with Crippen molar-refractivity contribution in [2.24, 2.45) is 10.8 Å². The number of fused-ring (bicyclic) bond motifs is 1. The second-order valence-electron chi connectivity index (χ2n) is 14.6. The minimum atomic E-state index is -0.291. The third-order valence-electron chi connectivity index (χ3n) is 9.34. The molecule has 0 aromatic carbocycles. The Morgan fingerprint density at radius 2 is 1.19 bits per heavy atom. The van der Waals surface area contributed by atoms with Crippen molar-refractivity contribution in [1.29, 1.82) is 0 Å². The van der Waals surface area contributed by atoms with Crippen molar-refractivity contribution >= 4 is 0 Å². The summed E-state index contributed by atoms with van der Waals surface area (Å²) < 4.78 is 6.25. The number of allylic oxidation sites excluding steroid dienone is 18. The van der Waals surface area contributed by atoms with Crippen LogP contribution in [0.1, 0.15) is 94.9 Å². The van der Waals surface area contributed by atoms with Crippen LogP contribution in [0.2, 0.25) is 0 Å². The molecule has 3 heteroatoms. The third-order valence-corrected chi connectivity index (χ3v) is 9.34. The molecule has 1 saturated carbocycles. The van der Waals surface area contributed by atoms with Gasteiger partial charge in [0, 0.05) is 11.8 Å². The van der Waals surface area contributed by atoms with Gasteiger partial charge < -0.3 is 14.9 Å². The van der Waals surface area contributed by atoms with E-state index in [0.717, 1.165) is 19.3 Å². The van der Waals surface area contributed by atoms with Crippen LogP contribution < -0.4 is 0 Å². The van der Waals surface area contributed by atoms with Gasteiger partial charge in [-0.2, -0.15) is 0 Å². The summed E-state index contributed by atoms with van der Waals surface area (Å²) in [5.41, 5.74) is 6.71. The van der Waals surface area contributed by atoms with Crippen LogP contribution in [-0.4, -0.2) is 33.6 Å². The van der Waals surface area contributed by atoms with Crippen molar-refractivity contribution in [3.63, 3.8) is 0 Å². The van der Waals surface area contributed by atoms with Crippen molar-refractivity contribution in [1.82, 2.24) is 0 Å². The monoisotopic (exact) mass is 584 g/mol. The zero-order valence-corrected chi connectivity index (χ0v) is 28.4. The standard InChI is InChI=1S/C40H56O3/c1-29(17-13-19-31(3)21-22-36-33(5)25-34(41)26-37(36,6)7)15-11-12-16-30(2)18-14-20-32(4)23-24-40-38(8,9)27-35(42)28-39(40,10)43-40/h11-24,34-35,41-42H,25-28H2,1-10H3/b12-11+,17-13-,18-14-,22-21+,24-23+,29-15+,30-16+,31-19-,32-20-. The molecule has 0 amide bonds. The SMILES string of the molecule is CC1=C(/C=C/C(C)=C\C=C/C(C)=C/C=C/C=C(C)/C=C\C=C(C)/C=C/C23OC2(C)CC(O)CC3(C)C)C(C)(C)CC(O)C1. The number of aliphatic hydroxyl groups excluding tert-OH is 2. The zero-order valence-electron chi connectivity index (χ0n) is 28.4. The lowest BCUT2D eigenvalue weighted by Crippen LogP contribution is -2.46. The average Bonchev–Trinajstić information content (AvgIpc) is 3.49. The van der Waals surface area contributed by atoms with Gasteiger partial charge in [0.25, 0.3) is 0 Å². The van der Waals surface area contributed by atoms with Crippen molar-refractivity contribution in [3.8, 4) is 0 Å².